The first kappa shape index (κ1) is 16.9. The Bertz CT molecular complexity index is 478. The van der Waals surface area contributed by atoms with E-state index in [9.17, 15) is 14.0 Å². The number of ether oxygens (including phenoxy) is 1. The number of hydrogen-bond donors (Lipinski definition) is 2. The minimum atomic E-state index is -0.876. The molecular weight excluding hydrogens is 277 g/mol. The van der Waals surface area contributed by atoms with E-state index in [0.29, 0.717) is 13.0 Å². The molecule has 0 saturated carbocycles. The van der Waals surface area contributed by atoms with Crippen molar-refractivity contribution < 1.29 is 23.8 Å². The molecule has 6 heteroatoms. The minimum absolute atomic E-state index is 0.0303. The number of halogens is 1. The largest absolute Gasteiger partial charge is 0.490 e. The van der Waals surface area contributed by atoms with Gasteiger partial charge in [0.2, 0.25) is 5.91 Å². The van der Waals surface area contributed by atoms with E-state index in [1.54, 1.807) is 12.1 Å². The normalized spacial score (nSPS) is 11.7. The molecule has 1 amide bonds. The van der Waals surface area contributed by atoms with Crippen LogP contribution in [0.15, 0.2) is 24.3 Å². The van der Waals surface area contributed by atoms with Crippen molar-refractivity contribution >= 4 is 11.9 Å². The van der Waals surface area contributed by atoms with Gasteiger partial charge in [0, 0.05) is 13.0 Å². The van der Waals surface area contributed by atoms with Crippen LogP contribution in [0.25, 0.3) is 0 Å². The second-order valence-electron chi connectivity index (χ2n) is 4.71. The number of hydrogen-bond acceptors (Lipinski definition) is 3. The maximum atomic E-state index is 13.3. The molecule has 0 heterocycles. The third-order valence-electron chi connectivity index (χ3n) is 3.05. The van der Waals surface area contributed by atoms with Crippen LogP contribution >= 0.6 is 0 Å². The van der Waals surface area contributed by atoms with Gasteiger partial charge in [-0.05, 0) is 18.1 Å². The van der Waals surface area contributed by atoms with Gasteiger partial charge < -0.3 is 15.2 Å². The van der Waals surface area contributed by atoms with Crippen LogP contribution in [0.3, 0.4) is 0 Å². The summed E-state index contributed by atoms with van der Waals surface area (Å²) in [7, 11) is 0. The highest BCUT2D eigenvalue weighted by Crippen LogP contribution is 2.15. The molecule has 2 N–H and O–H groups in total. The second kappa shape index (κ2) is 8.94. The van der Waals surface area contributed by atoms with Gasteiger partial charge in [0.25, 0.3) is 0 Å². The first-order valence-corrected chi connectivity index (χ1v) is 6.88. The molecule has 0 radical (unpaired) electrons. The molecule has 0 bridgehead atoms. The van der Waals surface area contributed by atoms with E-state index in [0.717, 1.165) is 0 Å². The fraction of sp³-hybridized carbons (Fsp3) is 0.467. The summed E-state index contributed by atoms with van der Waals surface area (Å²) < 4.78 is 18.4. The molecule has 1 aromatic carbocycles. The average Bonchev–Trinajstić information content (AvgIpc) is 2.45. The summed E-state index contributed by atoms with van der Waals surface area (Å²) in [6.45, 7) is 2.27. The molecule has 1 atom stereocenters. The first-order chi connectivity index (χ1) is 10.0. The number of benzene rings is 1. The Hall–Kier alpha value is -2.11. The van der Waals surface area contributed by atoms with Gasteiger partial charge in [-0.3, -0.25) is 9.59 Å². The summed E-state index contributed by atoms with van der Waals surface area (Å²) >= 11 is 0. The van der Waals surface area contributed by atoms with Gasteiger partial charge in [0.05, 0.1) is 13.0 Å². The molecular formula is C15H20FNO4. The molecule has 21 heavy (non-hydrogen) atoms. The van der Waals surface area contributed by atoms with Crippen molar-refractivity contribution in [2.24, 2.45) is 5.92 Å². The smallest absolute Gasteiger partial charge is 0.303 e. The third-order valence-corrected chi connectivity index (χ3v) is 3.05. The maximum absolute atomic E-state index is 13.3. The van der Waals surface area contributed by atoms with Gasteiger partial charge in [-0.15, -0.1) is 0 Å². The lowest BCUT2D eigenvalue weighted by Gasteiger charge is -2.13. The molecule has 0 aliphatic rings. The van der Waals surface area contributed by atoms with Crippen molar-refractivity contribution in [3.63, 3.8) is 0 Å². The number of carbonyl (C=O) groups is 2. The zero-order valence-electron chi connectivity index (χ0n) is 12.0. The molecule has 1 rings (SSSR count). The van der Waals surface area contributed by atoms with E-state index in [1.165, 1.54) is 12.1 Å². The second-order valence-corrected chi connectivity index (χ2v) is 4.71. The number of carboxylic acids is 1. The lowest BCUT2D eigenvalue weighted by molar-refractivity contribution is -0.138. The van der Waals surface area contributed by atoms with Gasteiger partial charge in [-0.2, -0.15) is 0 Å². The fourth-order valence-electron chi connectivity index (χ4n) is 1.77. The minimum Gasteiger partial charge on any atom is -0.490 e. The van der Waals surface area contributed by atoms with Crippen LogP contribution in [0, 0.1) is 11.7 Å². The summed E-state index contributed by atoms with van der Waals surface area (Å²) in [6, 6.07) is 5.98. The Morgan fingerprint density at radius 3 is 2.71 bits per heavy atom. The summed E-state index contributed by atoms with van der Waals surface area (Å²) in [5.41, 5.74) is 0. The van der Waals surface area contributed by atoms with Crippen molar-refractivity contribution in [1.29, 1.82) is 0 Å². The summed E-state index contributed by atoms with van der Waals surface area (Å²) in [4.78, 5) is 22.2. The molecule has 116 valence electrons. The van der Waals surface area contributed by atoms with E-state index >= 15 is 0 Å². The van der Waals surface area contributed by atoms with Crippen LogP contribution in [-0.2, 0) is 9.59 Å². The monoisotopic (exact) mass is 297 g/mol. The van der Waals surface area contributed by atoms with Crippen molar-refractivity contribution in [1.82, 2.24) is 5.32 Å². The van der Waals surface area contributed by atoms with E-state index in [1.807, 2.05) is 6.92 Å². The van der Waals surface area contributed by atoms with Crippen LogP contribution in [0.4, 0.5) is 4.39 Å². The highest BCUT2D eigenvalue weighted by molar-refractivity contribution is 5.76. The summed E-state index contributed by atoms with van der Waals surface area (Å²) in [5.74, 6) is -1.55. The van der Waals surface area contributed by atoms with Crippen molar-refractivity contribution in [2.45, 2.75) is 26.2 Å². The fourth-order valence-corrected chi connectivity index (χ4v) is 1.77. The highest BCUT2D eigenvalue weighted by Gasteiger charge is 2.12. The predicted octanol–water partition coefficient (Wildman–Crippen LogP) is 2.21. The molecule has 0 spiro atoms. The Kier molecular flexibility index (Phi) is 7.21. The molecule has 1 unspecified atom stereocenters. The molecule has 5 nitrogen and oxygen atoms in total. The standard InChI is InChI=1S/C15H20FNO4/c1-2-11(9-15(19)20)10-17-14(18)7-8-21-13-6-4-3-5-12(13)16/h3-6,11H,2,7-10H2,1H3,(H,17,18)(H,19,20). The van der Waals surface area contributed by atoms with E-state index in [4.69, 9.17) is 9.84 Å². The number of nitrogens with one attached hydrogen (secondary N) is 1. The molecule has 0 saturated heterocycles. The quantitative estimate of drug-likeness (QED) is 0.733. The van der Waals surface area contributed by atoms with E-state index in [2.05, 4.69) is 5.32 Å². The number of rotatable bonds is 9. The van der Waals surface area contributed by atoms with E-state index in [-0.39, 0.29) is 37.0 Å². The van der Waals surface area contributed by atoms with Crippen molar-refractivity contribution in [3.05, 3.63) is 30.1 Å². The van der Waals surface area contributed by atoms with Gasteiger partial charge in [-0.1, -0.05) is 25.5 Å². The number of carbonyl (C=O) groups excluding carboxylic acids is 1. The maximum Gasteiger partial charge on any atom is 0.303 e. The van der Waals surface area contributed by atoms with Crippen LogP contribution < -0.4 is 10.1 Å². The van der Waals surface area contributed by atoms with Gasteiger partial charge in [0.1, 0.15) is 0 Å². The Labute approximate surface area is 123 Å². The van der Waals surface area contributed by atoms with Gasteiger partial charge >= 0.3 is 5.97 Å². The summed E-state index contributed by atoms with van der Waals surface area (Å²) in [5, 5.41) is 11.4. The van der Waals surface area contributed by atoms with Crippen LogP contribution in [-0.4, -0.2) is 30.1 Å². The number of aliphatic carboxylic acids is 1. The van der Waals surface area contributed by atoms with Crippen molar-refractivity contribution in [2.75, 3.05) is 13.2 Å². The number of amides is 1. The lowest BCUT2D eigenvalue weighted by atomic mass is 10.0. The van der Waals surface area contributed by atoms with Crippen LogP contribution in [0.1, 0.15) is 26.2 Å². The van der Waals surface area contributed by atoms with Crippen LogP contribution in [0.2, 0.25) is 0 Å². The Morgan fingerprint density at radius 2 is 2.10 bits per heavy atom. The molecule has 0 aromatic heterocycles. The zero-order chi connectivity index (χ0) is 15.7. The molecule has 0 aliphatic heterocycles. The zero-order valence-corrected chi connectivity index (χ0v) is 12.0. The molecule has 0 aliphatic carbocycles. The predicted molar refractivity (Wildman–Crippen MR) is 75.6 cm³/mol. The van der Waals surface area contributed by atoms with Crippen LogP contribution in [0.5, 0.6) is 5.75 Å². The lowest BCUT2D eigenvalue weighted by Crippen LogP contribution is -2.31. The van der Waals surface area contributed by atoms with Crippen molar-refractivity contribution in [3.8, 4) is 5.75 Å². The van der Waals surface area contributed by atoms with E-state index < -0.39 is 11.8 Å². The summed E-state index contributed by atoms with van der Waals surface area (Å²) in [6.07, 6.45) is 0.804. The van der Waals surface area contributed by atoms with Gasteiger partial charge in [0.15, 0.2) is 11.6 Å². The topological polar surface area (TPSA) is 75.6 Å². The van der Waals surface area contributed by atoms with Gasteiger partial charge in [-0.25, -0.2) is 4.39 Å². The molecule has 1 aromatic rings. The SMILES string of the molecule is CCC(CNC(=O)CCOc1ccccc1F)CC(=O)O. The number of carboxylic acid groups (broad SMARTS) is 1. The Balaban J connectivity index is 2.25. The number of para-hydroxylation sites is 1. The Morgan fingerprint density at radius 1 is 1.38 bits per heavy atom. The molecule has 0 fully saturated rings. The first-order valence-electron chi connectivity index (χ1n) is 6.88. The average molecular weight is 297 g/mol. The highest BCUT2D eigenvalue weighted by atomic mass is 19.1. The third kappa shape index (κ3) is 6.74.